The molecule has 0 fully saturated rings. The van der Waals surface area contributed by atoms with Crippen molar-refractivity contribution in [3.8, 4) is 16.9 Å². The normalized spacial score (nSPS) is 20.8. The Balaban J connectivity index is 1.67. The first-order valence-corrected chi connectivity index (χ1v) is 10.3. The van der Waals surface area contributed by atoms with Crippen LogP contribution in [-0.4, -0.2) is 34.3 Å². The molecule has 0 radical (unpaired) electrons. The van der Waals surface area contributed by atoms with E-state index >= 15 is 0 Å². The Morgan fingerprint density at radius 2 is 2.17 bits per heavy atom. The number of H-pyrrole nitrogens is 1. The van der Waals surface area contributed by atoms with Crippen molar-refractivity contribution in [1.29, 1.82) is 0 Å². The van der Waals surface area contributed by atoms with Crippen LogP contribution in [0.15, 0.2) is 23.4 Å². The summed E-state index contributed by atoms with van der Waals surface area (Å²) >= 11 is 7.05. The molecule has 0 bridgehead atoms. The van der Waals surface area contributed by atoms with Crippen LogP contribution in [0.25, 0.3) is 22.0 Å². The molecule has 7 nitrogen and oxygen atoms in total. The molecular weight excluding hydrogens is 407 g/mol. The quantitative estimate of drug-likeness (QED) is 0.542. The highest BCUT2D eigenvalue weighted by atomic mass is 35.5. The second kappa shape index (κ2) is 5.78. The second-order valence-electron chi connectivity index (χ2n) is 8.52. The standard InChI is InChI=1S/C21H20ClFN6O/c1-9-26-28-20-21(2,3)25-17-11-4-5-30-19(11)15(16(22)18(17)29(9)20)10-6-13(23)12-8-24-27-14(12)7-10/h6-8,20,25,28H,4-5H2,1-3H3,(H,24,27). The van der Waals surface area contributed by atoms with Crippen LogP contribution < -0.4 is 20.4 Å². The van der Waals surface area contributed by atoms with Crippen LogP contribution in [-0.2, 0) is 6.42 Å². The molecule has 154 valence electrons. The minimum absolute atomic E-state index is 0.0949. The summed E-state index contributed by atoms with van der Waals surface area (Å²) in [4.78, 5) is 2.13. The van der Waals surface area contributed by atoms with E-state index in [0.29, 0.717) is 39.4 Å². The average Bonchev–Trinajstić information content (AvgIpc) is 3.41. The van der Waals surface area contributed by atoms with Crippen LogP contribution in [0, 0.1) is 5.82 Å². The number of benzene rings is 2. The zero-order chi connectivity index (χ0) is 20.8. The van der Waals surface area contributed by atoms with Crippen LogP contribution in [0.1, 0.15) is 26.3 Å². The summed E-state index contributed by atoms with van der Waals surface area (Å²) in [6, 6.07) is 3.36. The summed E-state index contributed by atoms with van der Waals surface area (Å²) in [5.41, 5.74) is 7.73. The van der Waals surface area contributed by atoms with Crippen molar-refractivity contribution in [2.75, 3.05) is 16.8 Å². The highest BCUT2D eigenvalue weighted by molar-refractivity contribution is 6.38. The van der Waals surface area contributed by atoms with Crippen molar-refractivity contribution in [3.05, 3.63) is 34.7 Å². The van der Waals surface area contributed by atoms with Crippen molar-refractivity contribution in [2.45, 2.75) is 38.9 Å². The van der Waals surface area contributed by atoms with Crippen molar-refractivity contribution in [2.24, 2.45) is 5.10 Å². The van der Waals surface area contributed by atoms with Gasteiger partial charge in [-0.2, -0.15) is 10.2 Å². The average molecular weight is 427 g/mol. The fourth-order valence-electron chi connectivity index (χ4n) is 4.78. The van der Waals surface area contributed by atoms with Gasteiger partial charge in [0.2, 0.25) is 0 Å². The van der Waals surface area contributed by atoms with E-state index in [2.05, 4.69) is 44.8 Å². The molecule has 1 aromatic heterocycles. The molecule has 3 aliphatic rings. The van der Waals surface area contributed by atoms with E-state index in [9.17, 15) is 4.39 Å². The third-order valence-electron chi connectivity index (χ3n) is 6.19. The summed E-state index contributed by atoms with van der Waals surface area (Å²) in [5.74, 6) is 1.19. The first kappa shape index (κ1) is 17.8. The van der Waals surface area contributed by atoms with E-state index in [0.717, 1.165) is 29.2 Å². The number of fused-ring (bicyclic) bond motifs is 6. The van der Waals surface area contributed by atoms with Gasteiger partial charge in [0.05, 0.1) is 45.6 Å². The van der Waals surface area contributed by atoms with E-state index in [1.54, 1.807) is 0 Å². The second-order valence-corrected chi connectivity index (χ2v) is 8.89. The predicted octanol–water partition coefficient (Wildman–Crippen LogP) is 4.23. The third-order valence-corrected chi connectivity index (χ3v) is 6.56. The van der Waals surface area contributed by atoms with Gasteiger partial charge in [0.1, 0.15) is 23.6 Å². The number of anilines is 2. The summed E-state index contributed by atoms with van der Waals surface area (Å²) in [5, 5.41) is 15.9. The van der Waals surface area contributed by atoms with E-state index in [1.807, 2.05) is 13.0 Å². The molecule has 0 amide bonds. The lowest BCUT2D eigenvalue weighted by molar-refractivity contribution is 0.358. The van der Waals surface area contributed by atoms with E-state index in [4.69, 9.17) is 16.3 Å². The summed E-state index contributed by atoms with van der Waals surface area (Å²) < 4.78 is 20.8. The number of aromatic nitrogens is 2. The summed E-state index contributed by atoms with van der Waals surface area (Å²) in [6.45, 7) is 6.76. The van der Waals surface area contributed by atoms with Crippen LogP contribution in [0.5, 0.6) is 5.75 Å². The highest BCUT2D eigenvalue weighted by Gasteiger charge is 2.47. The van der Waals surface area contributed by atoms with Gasteiger partial charge in [-0.1, -0.05) is 11.6 Å². The van der Waals surface area contributed by atoms with Crippen LogP contribution in [0.4, 0.5) is 15.8 Å². The van der Waals surface area contributed by atoms with Gasteiger partial charge in [-0.3, -0.25) is 10.5 Å². The Morgan fingerprint density at radius 3 is 3.00 bits per heavy atom. The molecule has 1 atom stereocenters. The number of rotatable bonds is 1. The molecule has 1 unspecified atom stereocenters. The number of amidine groups is 1. The molecular formula is C21H20ClFN6O. The van der Waals surface area contributed by atoms with Gasteiger partial charge in [0, 0.05) is 17.5 Å². The lowest BCUT2D eigenvalue weighted by Gasteiger charge is -2.46. The number of halogens is 2. The molecule has 0 saturated heterocycles. The molecule has 4 heterocycles. The molecule has 3 aliphatic heterocycles. The number of hydrogen-bond donors (Lipinski definition) is 3. The van der Waals surface area contributed by atoms with Gasteiger partial charge in [-0.05, 0) is 38.5 Å². The summed E-state index contributed by atoms with van der Waals surface area (Å²) in [7, 11) is 0. The van der Waals surface area contributed by atoms with E-state index in [1.165, 1.54) is 12.3 Å². The number of aromatic amines is 1. The topological polar surface area (TPSA) is 77.6 Å². The molecule has 0 spiro atoms. The number of ether oxygens (including phenoxy) is 1. The van der Waals surface area contributed by atoms with Gasteiger partial charge < -0.3 is 15.0 Å². The maximum atomic E-state index is 14.8. The fraction of sp³-hybridized carbons (Fsp3) is 0.333. The lowest BCUT2D eigenvalue weighted by Crippen LogP contribution is -2.60. The molecule has 0 aliphatic carbocycles. The number of nitrogens with one attached hydrogen (secondary N) is 3. The molecule has 30 heavy (non-hydrogen) atoms. The Labute approximate surface area is 177 Å². The Morgan fingerprint density at radius 1 is 1.33 bits per heavy atom. The van der Waals surface area contributed by atoms with Crippen molar-refractivity contribution < 1.29 is 9.13 Å². The molecule has 3 N–H and O–H groups in total. The summed E-state index contributed by atoms with van der Waals surface area (Å²) in [6.07, 6.45) is 2.14. The molecule has 3 aromatic rings. The predicted molar refractivity (Wildman–Crippen MR) is 116 cm³/mol. The number of nitrogens with zero attached hydrogens (tertiary/aromatic N) is 3. The Bertz CT molecular complexity index is 1270. The number of hydrazone groups is 1. The van der Waals surface area contributed by atoms with Gasteiger partial charge in [-0.15, -0.1) is 0 Å². The largest absolute Gasteiger partial charge is 0.492 e. The van der Waals surface area contributed by atoms with Crippen LogP contribution in [0.3, 0.4) is 0 Å². The third kappa shape index (κ3) is 2.19. The maximum absolute atomic E-state index is 14.8. The minimum Gasteiger partial charge on any atom is -0.492 e. The number of hydrogen-bond acceptors (Lipinski definition) is 6. The Kier molecular flexibility index (Phi) is 3.44. The maximum Gasteiger partial charge on any atom is 0.143 e. The Hall–Kier alpha value is -3.00. The van der Waals surface area contributed by atoms with Crippen LogP contribution >= 0.6 is 11.6 Å². The SMILES string of the molecule is CC1=NNC2N1c1c(Cl)c(-c3cc(F)c4cn[nH]c4c3)c3c(c1NC2(C)C)CCO3. The molecule has 9 heteroatoms. The zero-order valence-corrected chi connectivity index (χ0v) is 17.5. The van der Waals surface area contributed by atoms with Gasteiger partial charge >= 0.3 is 0 Å². The van der Waals surface area contributed by atoms with Gasteiger partial charge in [0.15, 0.2) is 0 Å². The molecule has 0 saturated carbocycles. The monoisotopic (exact) mass is 426 g/mol. The minimum atomic E-state index is -0.352. The van der Waals surface area contributed by atoms with Crippen molar-refractivity contribution >= 4 is 39.7 Å². The zero-order valence-electron chi connectivity index (χ0n) is 16.7. The highest BCUT2D eigenvalue weighted by Crippen LogP contribution is 2.55. The smallest absolute Gasteiger partial charge is 0.143 e. The lowest BCUT2D eigenvalue weighted by atomic mass is 9.90. The van der Waals surface area contributed by atoms with Gasteiger partial charge in [-0.25, -0.2) is 4.39 Å². The van der Waals surface area contributed by atoms with Crippen molar-refractivity contribution in [1.82, 2.24) is 15.6 Å². The molecule has 6 rings (SSSR count). The van der Waals surface area contributed by atoms with Crippen LogP contribution in [0.2, 0.25) is 5.02 Å². The van der Waals surface area contributed by atoms with E-state index in [-0.39, 0.29) is 17.5 Å². The van der Waals surface area contributed by atoms with Crippen molar-refractivity contribution in [3.63, 3.8) is 0 Å². The van der Waals surface area contributed by atoms with Gasteiger partial charge in [0.25, 0.3) is 0 Å². The first-order chi connectivity index (χ1) is 14.4. The van der Waals surface area contributed by atoms with E-state index < -0.39 is 0 Å². The fourth-order valence-corrected chi connectivity index (χ4v) is 5.16. The first-order valence-electron chi connectivity index (χ1n) is 9.88. The molecule has 2 aromatic carbocycles.